The number of anilines is 1. The Kier molecular flexibility index (Phi) is 5.08. The second-order valence-electron chi connectivity index (χ2n) is 5.58. The third-order valence-electron chi connectivity index (χ3n) is 4.09. The van der Waals surface area contributed by atoms with Crippen molar-refractivity contribution in [1.82, 2.24) is 9.21 Å². The number of rotatable bonds is 4. The largest absolute Gasteiger partial charge is 0.398 e. The molecule has 0 bridgehead atoms. The lowest BCUT2D eigenvalue weighted by Crippen LogP contribution is -2.48. The normalized spacial score (nSPS) is 17.0. The molecule has 1 saturated heterocycles. The van der Waals surface area contributed by atoms with Crippen LogP contribution in [0.5, 0.6) is 0 Å². The quantitative estimate of drug-likeness (QED) is 0.842. The predicted molar refractivity (Wildman–Crippen MR) is 87.0 cm³/mol. The van der Waals surface area contributed by atoms with Crippen LogP contribution in [0.3, 0.4) is 0 Å². The first-order valence-electron chi connectivity index (χ1n) is 7.45. The molecule has 0 radical (unpaired) electrons. The minimum absolute atomic E-state index is 0.0304. The summed E-state index contributed by atoms with van der Waals surface area (Å²) < 4.78 is 25.1. The molecule has 0 spiro atoms. The zero-order valence-electron chi connectivity index (χ0n) is 13.0. The molecule has 0 saturated carbocycles. The molecule has 7 heteroatoms. The highest BCUT2D eigenvalue weighted by atomic mass is 32.2. The van der Waals surface area contributed by atoms with Crippen LogP contribution in [-0.2, 0) is 10.0 Å². The van der Waals surface area contributed by atoms with Crippen LogP contribution in [0.2, 0.25) is 0 Å². The number of benzene rings is 1. The zero-order chi connectivity index (χ0) is 16.3. The van der Waals surface area contributed by atoms with E-state index in [1.165, 1.54) is 10.6 Å². The fourth-order valence-corrected chi connectivity index (χ4v) is 4.20. The summed E-state index contributed by atoms with van der Waals surface area (Å²) in [6.45, 7) is 3.39. The van der Waals surface area contributed by atoms with Crippen LogP contribution >= 0.6 is 0 Å². The van der Waals surface area contributed by atoms with Gasteiger partial charge in [-0.05, 0) is 25.0 Å². The van der Waals surface area contributed by atoms with Gasteiger partial charge in [-0.2, -0.15) is 4.31 Å². The third kappa shape index (κ3) is 3.59. The third-order valence-corrected chi connectivity index (χ3v) is 5.50. The van der Waals surface area contributed by atoms with E-state index in [9.17, 15) is 13.2 Å². The molecule has 122 valence electrons. The fraction of sp³-hybridized carbons (Fsp3) is 0.533. The Hall–Kier alpha value is -1.60. The predicted octanol–water partition coefficient (Wildman–Crippen LogP) is 1.15. The molecule has 1 aliphatic rings. The van der Waals surface area contributed by atoms with E-state index < -0.39 is 10.0 Å². The summed E-state index contributed by atoms with van der Waals surface area (Å²) in [7, 11) is -3.20. The summed E-state index contributed by atoms with van der Waals surface area (Å²) >= 11 is 0. The number of sulfonamides is 1. The summed E-state index contributed by atoms with van der Waals surface area (Å²) in [5, 5.41) is 0. The highest BCUT2D eigenvalue weighted by Gasteiger charge is 2.31. The highest BCUT2D eigenvalue weighted by Crippen LogP contribution is 2.22. The van der Waals surface area contributed by atoms with E-state index in [4.69, 9.17) is 5.73 Å². The number of para-hydroxylation sites is 1. The second kappa shape index (κ2) is 6.66. The van der Waals surface area contributed by atoms with Crippen LogP contribution in [0.1, 0.15) is 30.1 Å². The molecule has 1 aromatic carbocycles. The average Bonchev–Trinajstić information content (AvgIpc) is 2.47. The Morgan fingerprint density at radius 2 is 1.91 bits per heavy atom. The van der Waals surface area contributed by atoms with Gasteiger partial charge in [0.05, 0.1) is 11.8 Å². The van der Waals surface area contributed by atoms with Crippen molar-refractivity contribution in [1.29, 1.82) is 0 Å². The van der Waals surface area contributed by atoms with Gasteiger partial charge in [0.15, 0.2) is 0 Å². The summed E-state index contributed by atoms with van der Waals surface area (Å²) in [6.07, 6.45) is 2.54. The lowest BCUT2D eigenvalue weighted by Gasteiger charge is -2.37. The Morgan fingerprint density at radius 3 is 2.41 bits per heavy atom. The van der Waals surface area contributed by atoms with Crippen LogP contribution in [0.25, 0.3) is 0 Å². The number of piperidine rings is 1. The number of carbonyl (C=O) groups is 1. The molecule has 2 rings (SSSR count). The number of likely N-dealkylation sites (tertiary alicyclic amines) is 1. The molecule has 1 aromatic rings. The van der Waals surface area contributed by atoms with Gasteiger partial charge in [0.1, 0.15) is 0 Å². The maximum absolute atomic E-state index is 12.5. The van der Waals surface area contributed by atoms with E-state index in [1.807, 2.05) is 6.92 Å². The van der Waals surface area contributed by atoms with E-state index in [1.54, 1.807) is 29.2 Å². The molecule has 22 heavy (non-hydrogen) atoms. The fourth-order valence-electron chi connectivity index (χ4n) is 2.98. The number of nitrogen functional groups attached to an aromatic ring is 1. The molecule has 6 nitrogen and oxygen atoms in total. The lowest BCUT2D eigenvalue weighted by molar-refractivity contribution is 0.0682. The topological polar surface area (TPSA) is 83.7 Å². The van der Waals surface area contributed by atoms with E-state index in [0.717, 1.165) is 0 Å². The number of carbonyl (C=O) groups excluding carboxylic acids is 1. The van der Waals surface area contributed by atoms with Gasteiger partial charge in [-0.3, -0.25) is 4.79 Å². The maximum Gasteiger partial charge on any atom is 0.255 e. The van der Waals surface area contributed by atoms with Crippen molar-refractivity contribution in [3.8, 4) is 0 Å². The molecular formula is C15H23N3O3S. The van der Waals surface area contributed by atoms with Crippen LogP contribution < -0.4 is 5.73 Å². The van der Waals surface area contributed by atoms with Crippen LogP contribution in [0.15, 0.2) is 24.3 Å². The van der Waals surface area contributed by atoms with Crippen molar-refractivity contribution >= 4 is 21.6 Å². The minimum atomic E-state index is -3.20. The van der Waals surface area contributed by atoms with Gasteiger partial charge in [-0.25, -0.2) is 8.42 Å². The van der Waals surface area contributed by atoms with Crippen molar-refractivity contribution < 1.29 is 13.2 Å². The van der Waals surface area contributed by atoms with Crippen LogP contribution in [-0.4, -0.2) is 55.5 Å². The number of nitrogens with zero attached hydrogens (tertiary/aromatic N) is 2. The van der Waals surface area contributed by atoms with E-state index >= 15 is 0 Å². The summed E-state index contributed by atoms with van der Waals surface area (Å²) in [4.78, 5) is 14.2. The smallest absolute Gasteiger partial charge is 0.255 e. The monoisotopic (exact) mass is 325 g/mol. The number of hydrogen-bond acceptors (Lipinski definition) is 4. The number of nitrogens with two attached hydrogens (primary N) is 1. The van der Waals surface area contributed by atoms with E-state index in [0.29, 0.717) is 43.7 Å². The Morgan fingerprint density at radius 1 is 1.32 bits per heavy atom. The first-order valence-corrected chi connectivity index (χ1v) is 9.30. The molecule has 0 aromatic heterocycles. The molecule has 1 fully saturated rings. The maximum atomic E-state index is 12.5. The van der Waals surface area contributed by atoms with Gasteiger partial charge in [0, 0.05) is 31.4 Å². The van der Waals surface area contributed by atoms with Gasteiger partial charge >= 0.3 is 0 Å². The Labute approximate surface area is 131 Å². The van der Waals surface area contributed by atoms with Crippen molar-refractivity contribution in [3.63, 3.8) is 0 Å². The van der Waals surface area contributed by atoms with Crippen molar-refractivity contribution in [2.75, 3.05) is 31.6 Å². The van der Waals surface area contributed by atoms with Crippen LogP contribution in [0, 0.1) is 0 Å². The number of hydrogen-bond donors (Lipinski definition) is 1. The van der Waals surface area contributed by atoms with Crippen LogP contribution in [0.4, 0.5) is 5.69 Å². The van der Waals surface area contributed by atoms with Gasteiger partial charge in [-0.15, -0.1) is 0 Å². The van der Waals surface area contributed by atoms with Gasteiger partial charge in [-0.1, -0.05) is 19.1 Å². The molecule has 1 heterocycles. The lowest BCUT2D eigenvalue weighted by atomic mass is 10.0. The molecule has 2 N–H and O–H groups in total. The standard InChI is InChI=1S/C15H23N3O3S/c1-3-18(22(2,20)21)12-8-10-17(11-9-12)15(19)13-6-4-5-7-14(13)16/h4-7,12H,3,8-11,16H2,1-2H3. The van der Waals surface area contributed by atoms with Gasteiger partial charge < -0.3 is 10.6 Å². The summed E-state index contributed by atoms with van der Waals surface area (Å²) in [6, 6.07) is 6.99. The molecular weight excluding hydrogens is 302 g/mol. The Balaban J connectivity index is 2.03. The average molecular weight is 325 g/mol. The molecule has 1 amide bonds. The zero-order valence-corrected chi connectivity index (χ0v) is 13.8. The van der Waals surface area contributed by atoms with Crippen molar-refractivity contribution in [3.05, 3.63) is 29.8 Å². The highest BCUT2D eigenvalue weighted by molar-refractivity contribution is 7.88. The molecule has 0 unspecified atom stereocenters. The van der Waals surface area contributed by atoms with E-state index in [2.05, 4.69) is 0 Å². The number of amides is 1. The molecule has 0 aliphatic carbocycles. The molecule has 0 atom stereocenters. The first-order chi connectivity index (χ1) is 10.3. The Bertz CT molecular complexity index is 637. The van der Waals surface area contributed by atoms with Gasteiger partial charge in [0.25, 0.3) is 5.91 Å². The van der Waals surface area contributed by atoms with Gasteiger partial charge in [0.2, 0.25) is 10.0 Å². The van der Waals surface area contributed by atoms with Crippen molar-refractivity contribution in [2.45, 2.75) is 25.8 Å². The minimum Gasteiger partial charge on any atom is -0.398 e. The SMILES string of the molecule is CCN(C1CCN(C(=O)c2ccccc2N)CC1)S(C)(=O)=O. The first kappa shape index (κ1) is 16.8. The molecule has 1 aliphatic heterocycles. The van der Waals surface area contributed by atoms with E-state index in [-0.39, 0.29) is 11.9 Å². The van der Waals surface area contributed by atoms with Crippen molar-refractivity contribution in [2.24, 2.45) is 0 Å². The summed E-state index contributed by atoms with van der Waals surface area (Å²) in [5.41, 5.74) is 6.83. The summed E-state index contributed by atoms with van der Waals surface area (Å²) in [5.74, 6) is -0.0843. The second-order valence-corrected chi connectivity index (χ2v) is 7.51.